The van der Waals surface area contributed by atoms with Crippen molar-refractivity contribution in [1.29, 1.82) is 0 Å². The summed E-state index contributed by atoms with van der Waals surface area (Å²) in [6.45, 7) is 12.1. The Balaban J connectivity index is 0.00000320. The van der Waals surface area contributed by atoms with Crippen LogP contribution in [0.3, 0.4) is 0 Å². The summed E-state index contributed by atoms with van der Waals surface area (Å²) in [6.07, 6.45) is 3.26. The van der Waals surface area contributed by atoms with Gasteiger partial charge in [-0.15, -0.1) is 24.0 Å². The van der Waals surface area contributed by atoms with Crippen LogP contribution < -0.4 is 5.32 Å². The smallest absolute Gasteiger partial charge is 0.194 e. The third-order valence-electron chi connectivity index (χ3n) is 5.48. The Morgan fingerprint density at radius 3 is 2.70 bits per heavy atom. The number of nitrogens with one attached hydrogen (secondary N) is 1. The topological polar surface area (TPSA) is 48.7 Å². The highest BCUT2D eigenvalue weighted by Crippen LogP contribution is 2.19. The summed E-state index contributed by atoms with van der Waals surface area (Å²) in [4.78, 5) is 9.62. The minimum atomic E-state index is 0. The number of halogens is 1. The van der Waals surface area contributed by atoms with Gasteiger partial charge in [0.05, 0.1) is 12.2 Å². The number of hydrogen-bond acceptors (Lipinski definition) is 3. The zero-order valence-corrected chi connectivity index (χ0v) is 21.4. The van der Waals surface area contributed by atoms with E-state index in [9.17, 15) is 0 Å². The molecule has 0 unspecified atom stereocenters. The van der Waals surface area contributed by atoms with Crippen molar-refractivity contribution in [2.75, 3.05) is 33.2 Å². The fourth-order valence-corrected chi connectivity index (χ4v) is 4.01. The number of guanidine groups is 1. The molecule has 2 aromatic rings. The zero-order valence-electron chi connectivity index (χ0n) is 19.1. The molecule has 0 saturated carbocycles. The van der Waals surface area contributed by atoms with Crippen molar-refractivity contribution >= 4 is 29.9 Å². The van der Waals surface area contributed by atoms with Gasteiger partial charge in [0.1, 0.15) is 0 Å². The Labute approximate surface area is 198 Å². The molecule has 0 spiro atoms. The van der Waals surface area contributed by atoms with Crippen LogP contribution in [0, 0.1) is 0 Å². The second-order valence-electron chi connectivity index (χ2n) is 8.25. The van der Waals surface area contributed by atoms with E-state index < -0.39 is 0 Å². The zero-order chi connectivity index (χ0) is 20.8. The van der Waals surface area contributed by atoms with Crippen LogP contribution in [0.1, 0.15) is 49.1 Å². The first kappa shape index (κ1) is 24.7. The second-order valence-corrected chi connectivity index (χ2v) is 8.25. The van der Waals surface area contributed by atoms with Gasteiger partial charge in [0, 0.05) is 58.6 Å². The molecular formula is C23H37IN6. The highest BCUT2D eigenvalue weighted by atomic mass is 127. The maximum atomic E-state index is 4.90. The van der Waals surface area contributed by atoms with Gasteiger partial charge in [0.2, 0.25) is 0 Å². The normalized spacial score (nSPS) is 14.4. The van der Waals surface area contributed by atoms with Gasteiger partial charge in [0.15, 0.2) is 5.96 Å². The average Bonchev–Trinajstić information content (AvgIpc) is 3.07. The number of rotatable bonds is 7. The Hall–Kier alpha value is -1.61. The van der Waals surface area contributed by atoms with Gasteiger partial charge in [-0.1, -0.05) is 38.1 Å². The molecule has 1 aliphatic heterocycles. The van der Waals surface area contributed by atoms with E-state index in [1.54, 1.807) is 0 Å². The van der Waals surface area contributed by atoms with Crippen molar-refractivity contribution in [2.24, 2.45) is 12.0 Å². The minimum Gasteiger partial charge on any atom is -0.357 e. The highest BCUT2D eigenvalue weighted by molar-refractivity contribution is 14.0. The lowest BCUT2D eigenvalue weighted by molar-refractivity contribution is 0.261. The summed E-state index contributed by atoms with van der Waals surface area (Å²) in [5, 5.41) is 8.08. The van der Waals surface area contributed by atoms with Crippen LogP contribution in [-0.4, -0.2) is 58.8 Å². The van der Waals surface area contributed by atoms with Crippen LogP contribution in [-0.2, 0) is 26.6 Å². The summed E-state index contributed by atoms with van der Waals surface area (Å²) < 4.78 is 1.91. The van der Waals surface area contributed by atoms with E-state index in [1.807, 2.05) is 11.7 Å². The van der Waals surface area contributed by atoms with Gasteiger partial charge in [0.25, 0.3) is 0 Å². The molecule has 1 N–H and O–H groups in total. The fourth-order valence-electron chi connectivity index (χ4n) is 4.01. The summed E-state index contributed by atoms with van der Waals surface area (Å²) in [5.41, 5.74) is 5.40. The maximum absolute atomic E-state index is 4.90. The molecule has 30 heavy (non-hydrogen) atoms. The molecule has 1 aromatic heterocycles. The van der Waals surface area contributed by atoms with Gasteiger partial charge in [-0.3, -0.25) is 14.6 Å². The summed E-state index contributed by atoms with van der Waals surface area (Å²) in [6, 6.07) is 8.79. The Bertz CT molecular complexity index is 829. The van der Waals surface area contributed by atoms with E-state index in [-0.39, 0.29) is 24.0 Å². The van der Waals surface area contributed by atoms with Gasteiger partial charge in [-0.05, 0) is 30.4 Å². The monoisotopic (exact) mass is 524 g/mol. The average molecular weight is 524 g/mol. The molecule has 0 bridgehead atoms. The van der Waals surface area contributed by atoms with Crippen LogP contribution in [0.15, 0.2) is 35.5 Å². The molecule has 0 amide bonds. The van der Waals surface area contributed by atoms with Crippen LogP contribution in [0.4, 0.5) is 0 Å². The van der Waals surface area contributed by atoms with Crippen LogP contribution in [0.2, 0.25) is 0 Å². The fraction of sp³-hybridized carbons (Fsp3) is 0.565. The summed E-state index contributed by atoms with van der Waals surface area (Å²) in [7, 11) is 4.10. The molecule has 0 saturated heterocycles. The highest BCUT2D eigenvalue weighted by Gasteiger charge is 2.17. The summed E-state index contributed by atoms with van der Waals surface area (Å²) in [5.74, 6) is 1.38. The predicted molar refractivity (Wildman–Crippen MR) is 136 cm³/mol. The number of aromatic nitrogens is 2. The molecule has 3 rings (SSSR count). The second kappa shape index (κ2) is 11.7. The standard InChI is InChI=1S/C23H36N6.HI/c1-6-24-23(27(4)15-21-16-28(5)26-22(21)18(2)3)25-12-14-29-13-11-19-9-7-8-10-20(19)17-29;/h7-10,16,18H,6,11-15,17H2,1-5H3,(H,24,25);1H. The van der Waals surface area contributed by atoms with E-state index >= 15 is 0 Å². The van der Waals surface area contributed by atoms with Crippen molar-refractivity contribution in [3.05, 3.63) is 52.8 Å². The van der Waals surface area contributed by atoms with Crippen molar-refractivity contribution in [3.8, 4) is 0 Å². The molecule has 0 radical (unpaired) electrons. The molecule has 7 heteroatoms. The van der Waals surface area contributed by atoms with Crippen molar-refractivity contribution in [2.45, 2.75) is 46.2 Å². The van der Waals surface area contributed by atoms with E-state index in [4.69, 9.17) is 4.99 Å². The lowest BCUT2D eigenvalue weighted by Crippen LogP contribution is -2.39. The van der Waals surface area contributed by atoms with Crippen molar-refractivity contribution in [1.82, 2.24) is 24.9 Å². The first-order valence-corrected chi connectivity index (χ1v) is 10.8. The lowest BCUT2D eigenvalue weighted by Gasteiger charge is -2.28. The predicted octanol–water partition coefficient (Wildman–Crippen LogP) is 3.62. The largest absolute Gasteiger partial charge is 0.357 e. The summed E-state index contributed by atoms with van der Waals surface area (Å²) >= 11 is 0. The lowest BCUT2D eigenvalue weighted by atomic mass is 10.00. The van der Waals surface area contributed by atoms with Gasteiger partial charge in [-0.25, -0.2) is 0 Å². The van der Waals surface area contributed by atoms with Gasteiger partial charge in [-0.2, -0.15) is 5.10 Å². The first-order chi connectivity index (χ1) is 14.0. The van der Waals surface area contributed by atoms with E-state index in [0.717, 1.165) is 51.6 Å². The van der Waals surface area contributed by atoms with Crippen LogP contribution in [0.25, 0.3) is 0 Å². The van der Waals surface area contributed by atoms with Crippen LogP contribution in [0.5, 0.6) is 0 Å². The number of aliphatic imine (C=N–C) groups is 1. The minimum absolute atomic E-state index is 0. The molecule has 2 heterocycles. The number of aryl methyl sites for hydroxylation is 1. The molecule has 1 aliphatic rings. The molecule has 6 nitrogen and oxygen atoms in total. The molecule has 0 fully saturated rings. The van der Waals surface area contributed by atoms with E-state index in [0.29, 0.717) is 5.92 Å². The van der Waals surface area contributed by atoms with Gasteiger partial charge < -0.3 is 10.2 Å². The number of nitrogens with zero attached hydrogens (tertiary/aromatic N) is 5. The maximum Gasteiger partial charge on any atom is 0.194 e. The molecule has 0 atom stereocenters. The Morgan fingerprint density at radius 1 is 1.27 bits per heavy atom. The van der Waals surface area contributed by atoms with Crippen molar-refractivity contribution in [3.63, 3.8) is 0 Å². The molecular weight excluding hydrogens is 487 g/mol. The van der Waals surface area contributed by atoms with Gasteiger partial charge >= 0.3 is 0 Å². The Morgan fingerprint density at radius 2 is 2.00 bits per heavy atom. The van der Waals surface area contributed by atoms with E-state index in [1.165, 1.54) is 22.4 Å². The number of fused-ring (bicyclic) bond motifs is 1. The molecule has 1 aromatic carbocycles. The SMILES string of the molecule is CCNC(=NCCN1CCc2ccccc2C1)N(C)Cc1cn(C)nc1C(C)C.I. The third kappa shape index (κ3) is 6.44. The number of benzene rings is 1. The first-order valence-electron chi connectivity index (χ1n) is 10.8. The Kier molecular flexibility index (Phi) is 9.61. The van der Waals surface area contributed by atoms with E-state index in [2.05, 4.69) is 78.5 Å². The molecule has 166 valence electrons. The molecule has 0 aliphatic carbocycles. The quantitative estimate of drug-likeness (QED) is 0.342. The van der Waals surface area contributed by atoms with Crippen molar-refractivity contribution < 1.29 is 0 Å². The number of hydrogen-bond donors (Lipinski definition) is 1. The van der Waals surface area contributed by atoms with Crippen LogP contribution >= 0.6 is 24.0 Å². The third-order valence-corrected chi connectivity index (χ3v) is 5.48.